The van der Waals surface area contributed by atoms with E-state index in [0.717, 1.165) is 22.4 Å². The van der Waals surface area contributed by atoms with Gasteiger partial charge >= 0.3 is 5.69 Å². The maximum atomic E-state index is 14.8. The van der Waals surface area contributed by atoms with Gasteiger partial charge in [-0.25, -0.2) is 4.79 Å². The molecule has 16 heteroatoms. The van der Waals surface area contributed by atoms with Gasteiger partial charge < -0.3 is 14.2 Å². The Morgan fingerprint density at radius 2 is 1.28 bits per heavy atom. The number of nitrogens with zero attached hydrogens (tertiary/aromatic N) is 2. The van der Waals surface area contributed by atoms with Gasteiger partial charge in [0.25, 0.3) is 27.5 Å². The lowest BCUT2D eigenvalue weighted by atomic mass is 9.95. The maximum Gasteiger partial charge on any atom is 0.330 e. The van der Waals surface area contributed by atoms with Crippen molar-refractivity contribution in [1.82, 2.24) is 14.6 Å². The minimum atomic E-state index is -4.58. The minimum Gasteiger partial charge on any atom is -0.373 e. The zero-order valence-electron chi connectivity index (χ0n) is 37.7. The monoisotopic (exact) mass is 951 g/mol. The number of hydrogen-bond acceptors (Lipinski definition) is 11. The highest BCUT2D eigenvalue weighted by Crippen LogP contribution is 2.49. The molecule has 0 aliphatic carbocycles. The number of amides is 2. The molecule has 14 nitrogen and oxygen atoms in total. The van der Waals surface area contributed by atoms with Crippen LogP contribution in [0.1, 0.15) is 52.6 Å². The van der Waals surface area contributed by atoms with Gasteiger partial charge in [-0.2, -0.15) is 8.42 Å². The highest BCUT2D eigenvalue weighted by atomic mass is 32.2. The smallest absolute Gasteiger partial charge is 0.330 e. The lowest BCUT2D eigenvalue weighted by Crippen LogP contribution is -2.70. The van der Waals surface area contributed by atoms with E-state index >= 15 is 0 Å². The van der Waals surface area contributed by atoms with E-state index in [4.69, 9.17) is 23.2 Å². The van der Waals surface area contributed by atoms with Crippen molar-refractivity contribution in [2.24, 2.45) is 0 Å². The van der Waals surface area contributed by atoms with Crippen LogP contribution in [0.3, 0.4) is 0 Å². The molecule has 2 aliphatic rings. The van der Waals surface area contributed by atoms with Crippen LogP contribution in [0.25, 0.3) is 10.8 Å². The first kappa shape index (κ1) is 46.5. The van der Waals surface area contributed by atoms with Crippen LogP contribution in [-0.4, -0.2) is 80.3 Å². The first-order valence-corrected chi connectivity index (χ1v) is 25.2. The van der Waals surface area contributed by atoms with Gasteiger partial charge in [0.1, 0.15) is 18.3 Å². The Hall–Kier alpha value is -6.63. The molecular formula is C52H49N3O11SSi. The first-order valence-electron chi connectivity index (χ1n) is 22.1. The first-order chi connectivity index (χ1) is 32.6. The molecule has 9 rings (SSSR count). The normalized spacial score (nSPS) is 20.6. The number of ether oxygens (including phenoxy) is 3. The number of carbonyl (C=O) groups is 2. The van der Waals surface area contributed by atoms with Crippen molar-refractivity contribution < 1.29 is 41.2 Å². The number of aryl methyl sites for hydroxylation is 1. The van der Waals surface area contributed by atoms with Crippen LogP contribution in [0.15, 0.2) is 178 Å². The molecule has 1 aromatic heterocycles. The average molecular weight is 952 g/mol. The minimum absolute atomic E-state index is 0.0753. The number of hydrogen-bond donors (Lipinski definition) is 1. The summed E-state index contributed by atoms with van der Waals surface area (Å²) in [6.07, 6.45) is -1.96. The summed E-state index contributed by atoms with van der Waals surface area (Å²) in [6, 6.07) is 45.7. The molecular weight excluding hydrogens is 903 g/mol. The number of aromatic amines is 1. The molecule has 1 N–H and O–H groups in total. The topological polar surface area (TPSA) is 173 Å². The molecule has 6 aromatic carbocycles. The number of nitrogens with one attached hydrogen (secondary N) is 1. The van der Waals surface area contributed by atoms with Crippen LogP contribution >= 0.6 is 0 Å². The van der Waals surface area contributed by atoms with Crippen molar-refractivity contribution in [1.29, 1.82) is 0 Å². The molecule has 1 saturated heterocycles. The zero-order valence-corrected chi connectivity index (χ0v) is 39.7. The fourth-order valence-corrected chi connectivity index (χ4v) is 14.3. The number of rotatable bonds is 15. The van der Waals surface area contributed by atoms with E-state index in [1.165, 1.54) is 29.0 Å². The summed E-state index contributed by atoms with van der Waals surface area (Å²) < 4.78 is 57.8. The van der Waals surface area contributed by atoms with Crippen molar-refractivity contribution in [3.8, 4) is 0 Å². The van der Waals surface area contributed by atoms with Crippen LogP contribution < -0.4 is 21.6 Å². The summed E-state index contributed by atoms with van der Waals surface area (Å²) in [6.45, 7) is 5.70. The summed E-state index contributed by atoms with van der Waals surface area (Å²) in [4.78, 5) is 66.2. The number of benzene rings is 6. The standard InChI is InChI=1S/C52H49N3O11SSi/c1-35-18-11-16-29-43(35)67(60,61)64-34-51(33-63-50(2,3)4)45(62-32-37-21-17-20-36-19-12-13-26-40(36)37)46(65-55-47(57)41-27-14-15-28-42(41)48(55)58)52(66-51,54-31-30-44(56)53-49(54)59)68(38-22-7-5-8-23-38)39-24-9-6-10-25-39/h5-31,45-46,68H,32-34H2,1-4H3,(H,53,56,59)/t45-,46+,51-,52-/m0/s1. The Bertz CT molecular complexity index is 3170. The predicted molar refractivity (Wildman–Crippen MR) is 257 cm³/mol. The third kappa shape index (κ3) is 8.71. The molecule has 7 aromatic rings. The average Bonchev–Trinajstić information content (AvgIpc) is 3.73. The second-order valence-electron chi connectivity index (χ2n) is 17.9. The predicted octanol–water partition coefficient (Wildman–Crippen LogP) is 5.40. The second-order valence-corrected chi connectivity index (χ2v) is 22.5. The van der Waals surface area contributed by atoms with E-state index in [9.17, 15) is 27.6 Å². The van der Waals surface area contributed by atoms with Crippen LogP contribution in [0.5, 0.6) is 0 Å². The van der Waals surface area contributed by atoms with Crippen molar-refractivity contribution in [2.75, 3.05) is 13.2 Å². The number of fused-ring (bicyclic) bond motifs is 2. The fraction of sp³-hybridized carbons (Fsp3) is 0.231. The molecule has 0 spiro atoms. The molecule has 0 bridgehead atoms. The molecule has 2 aliphatic heterocycles. The Kier molecular flexibility index (Phi) is 12.6. The molecule has 0 saturated carbocycles. The molecule has 348 valence electrons. The summed E-state index contributed by atoms with van der Waals surface area (Å²) in [5.41, 5.74) is -3.31. The highest BCUT2D eigenvalue weighted by Gasteiger charge is 2.71. The Morgan fingerprint density at radius 3 is 1.91 bits per heavy atom. The molecule has 1 fully saturated rings. The SMILES string of the molecule is Cc1ccccc1S(=O)(=O)OC[C@]1(COC(C)(C)C)O[C@](n2ccc(=O)[nH]c2=O)([SiH](c2ccccc2)c2ccccc2)[C@H](ON2C(=O)c3ccccc3C2=O)[C@@H]1OCc1cccc2ccccc12. The van der Waals surface area contributed by atoms with Gasteiger partial charge in [-0.3, -0.25) is 33.0 Å². The number of hydroxylamine groups is 2. The van der Waals surface area contributed by atoms with Gasteiger partial charge in [0.2, 0.25) is 0 Å². The Balaban J connectivity index is 1.36. The Morgan fingerprint density at radius 1 is 0.691 bits per heavy atom. The molecule has 2 amide bonds. The molecule has 3 heterocycles. The largest absolute Gasteiger partial charge is 0.373 e. The summed E-state index contributed by atoms with van der Waals surface area (Å²) in [5.74, 6) is -1.58. The van der Waals surface area contributed by atoms with E-state index < -0.39 is 84.0 Å². The van der Waals surface area contributed by atoms with E-state index in [1.54, 1.807) is 37.3 Å². The van der Waals surface area contributed by atoms with E-state index in [-0.39, 0.29) is 22.6 Å². The van der Waals surface area contributed by atoms with Crippen LogP contribution in [0.4, 0.5) is 0 Å². The van der Waals surface area contributed by atoms with Gasteiger partial charge in [-0.1, -0.05) is 144 Å². The van der Waals surface area contributed by atoms with Gasteiger partial charge in [0.05, 0.1) is 34.8 Å². The van der Waals surface area contributed by atoms with E-state index in [2.05, 4.69) is 4.98 Å². The van der Waals surface area contributed by atoms with Gasteiger partial charge in [-0.05, 0) is 67.8 Å². The third-order valence-electron chi connectivity index (χ3n) is 12.3. The molecule has 4 atom stereocenters. The van der Waals surface area contributed by atoms with E-state index in [1.807, 2.05) is 124 Å². The molecule has 68 heavy (non-hydrogen) atoms. The van der Waals surface area contributed by atoms with E-state index in [0.29, 0.717) is 21.0 Å². The Labute approximate surface area is 394 Å². The van der Waals surface area contributed by atoms with Crippen molar-refractivity contribution >= 4 is 51.9 Å². The van der Waals surface area contributed by atoms with Gasteiger partial charge in [0.15, 0.2) is 20.2 Å². The van der Waals surface area contributed by atoms with Gasteiger partial charge in [0, 0.05) is 12.3 Å². The van der Waals surface area contributed by atoms with Crippen molar-refractivity contribution in [2.45, 2.75) is 68.0 Å². The number of imide groups is 1. The van der Waals surface area contributed by atoms with Crippen molar-refractivity contribution in [3.63, 3.8) is 0 Å². The quantitative estimate of drug-likeness (QED) is 0.0793. The van der Waals surface area contributed by atoms with Crippen LogP contribution in [0, 0.1) is 6.92 Å². The zero-order chi connectivity index (χ0) is 47.8. The summed E-state index contributed by atoms with van der Waals surface area (Å²) in [5, 5.41) is 1.64. The summed E-state index contributed by atoms with van der Waals surface area (Å²) >= 11 is 0. The third-order valence-corrected chi connectivity index (χ3v) is 17.4. The summed E-state index contributed by atoms with van der Waals surface area (Å²) in [7, 11) is -7.98. The maximum absolute atomic E-state index is 14.8. The lowest BCUT2D eigenvalue weighted by molar-refractivity contribution is -0.203. The fourth-order valence-electron chi connectivity index (χ4n) is 9.16. The molecule has 0 unspecified atom stereocenters. The lowest BCUT2D eigenvalue weighted by Gasteiger charge is -2.43. The molecule has 0 radical (unpaired) electrons. The second kappa shape index (κ2) is 18.5. The number of aromatic nitrogens is 2. The van der Waals surface area contributed by atoms with Crippen LogP contribution in [-0.2, 0) is 45.3 Å². The van der Waals surface area contributed by atoms with Crippen molar-refractivity contribution in [3.05, 3.63) is 207 Å². The van der Waals surface area contributed by atoms with Gasteiger partial charge in [-0.15, -0.1) is 5.06 Å². The highest BCUT2D eigenvalue weighted by molar-refractivity contribution is 7.86. The number of H-pyrrole nitrogens is 1. The van der Waals surface area contributed by atoms with Crippen LogP contribution in [0.2, 0.25) is 0 Å². The number of carbonyl (C=O) groups excluding carboxylic acids is 2.